The molecule has 0 fully saturated rings. The maximum atomic E-state index is 5.03. The van der Waals surface area contributed by atoms with Gasteiger partial charge in [-0.1, -0.05) is 0 Å². The van der Waals surface area contributed by atoms with E-state index in [4.69, 9.17) is 4.42 Å². The summed E-state index contributed by atoms with van der Waals surface area (Å²) in [5, 5.41) is 0. The molecule has 0 radical (unpaired) electrons. The van der Waals surface area contributed by atoms with Gasteiger partial charge >= 0.3 is 0 Å². The van der Waals surface area contributed by atoms with Gasteiger partial charge in [-0.2, -0.15) is 0 Å². The Morgan fingerprint density at radius 1 is 1.17 bits per heavy atom. The summed E-state index contributed by atoms with van der Waals surface area (Å²) >= 11 is 3.18. The molecular weight excluding hydrogens is 222 g/mol. The minimum atomic E-state index is 0.481. The zero-order valence-electron chi connectivity index (χ0n) is 5.94. The maximum Gasteiger partial charge on any atom is 0.246 e. The molecule has 0 bridgehead atoms. The molecule has 12 heavy (non-hydrogen) atoms. The lowest BCUT2D eigenvalue weighted by molar-refractivity contribution is 0.571. The zero-order valence-corrected chi connectivity index (χ0v) is 7.52. The van der Waals surface area contributed by atoms with Crippen molar-refractivity contribution in [1.29, 1.82) is 0 Å². The first-order chi connectivity index (χ1) is 5.86. The Balaban J connectivity index is 2.43. The van der Waals surface area contributed by atoms with Crippen LogP contribution in [-0.2, 0) is 0 Å². The predicted octanol–water partition coefficient (Wildman–Crippen LogP) is 1.89. The van der Waals surface area contributed by atoms with Crippen LogP contribution < -0.4 is 0 Å². The van der Waals surface area contributed by atoms with Gasteiger partial charge in [0.2, 0.25) is 5.89 Å². The number of nitrogens with zero attached hydrogens (tertiary/aromatic N) is 3. The van der Waals surface area contributed by atoms with Crippen LogP contribution in [0.15, 0.2) is 33.9 Å². The number of aromatic nitrogens is 3. The van der Waals surface area contributed by atoms with Crippen molar-refractivity contribution in [2.75, 3.05) is 0 Å². The van der Waals surface area contributed by atoms with Crippen molar-refractivity contribution in [3.63, 3.8) is 0 Å². The summed E-state index contributed by atoms with van der Waals surface area (Å²) in [6, 6.07) is 0. The molecule has 60 valence electrons. The molecule has 0 unspecified atom stereocenters. The van der Waals surface area contributed by atoms with Gasteiger partial charge in [0.05, 0.1) is 18.6 Å². The van der Waals surface area contributed by atoms with E-state index in [0.717, 1.165) is 0 Å². The lowest BCUT2D eigenvalue weighted by Gasteiger charge is -1.92. The van der Waals surface area contributed by atoms with E-state index < -0.39 is 0 Å². The van der Waals surface area contributed by atoms with Gasteiger partial charge < -0.3 is 4.42 Å². The molecule has 2 aromatic rings. The molecule has 4 nitrogen and oxygen atoms in total. The molecule has 0 aliphatic carbocycles. The SMILES string of the molecule is Brc1cnc(-c2ncco2)cn1. The number of hydrogen-bond donors (Lipinski definition) is 0. The average Bonchev–Trinajstić information content (AvgIpc) is 2.58. The van der Waals surface area contributed by atoms with E-state index in [9.17, 15) is 0 Å². The number of hydrogen-bond acceptors (Lipinski definition) is 4. The smallest absolute Gasteiger partial charge is 0.246 e. The summed E-state index contributed by atoms with van der Waals surface area (Å²) < 4.78 is 5.72. The summed E-state index contributed by atoms with van der Waals surface area (Å²) in [6.07, 6.45) is 6.26. The van der Waals surface area contributed by atoms with Crippen molar-refractivity contribution in [1.82, 2.24) is 15.0 Å². The van der Waals surface area contributed by atoms with Crippen molar-refractivity contribution in [2.45, 2.75) is 0 Å². The van der Waals surface area contributed by atoms with Crippen molar-refractivity contribution >= 4 is 15.9 Å². The summed E-state index contributed by atoms with van der Waals surface area (Å²) in [5.74, 6) is 0.481. The Morgan fingerprint density at radius 2 is 2.08 bits per heavy atom. The van der Waals surface area contributed by atoms with E-state index in [0.29, 0.717) is 16.2 Å². The molecule has 2 heterocycles. The fraction of sp³-hybridized carbons (Fsp3) is 0. The van der Waals surface area contributed by atoms with E-state index in [1.54, 1.807) is 18.6 Å². The largest absolute Gasteiger partial charge is 0.443 e. The molecule has 5 heteroatoms. The average molecular weight is 226 g/mol. The normalized spacial score (nSPS) is 10.1. The molecule has 0 aliphatic heterocycles. The van der Waals surface area contributed by atoms with Gasteiger partial charge in [-0.05, 0) is 15.9 Å². The van der Waals surface area contributed by atoms with Gasteiger partial charge in [-0.15, -0.1) is 0 Å². The summed E-state index contributed by atoms with van der Waals surface area (Å²) in [4.78, 5) is 12.0. The molecule has 0 amide bonds. The third kappa shape index (κ3) is 1.35. The first-order valence-electron chi connectivity index (χ1n) is 3.23. The first-order valence-corrected chi connectivity index (χ1v) is 4.03. The molecule has 2 rings (SSSR count). The van der Waals surface area contributed by atoms with Crippen LogP contribution in [0.5, 0.6) is 0 Å². The summed E-state index contributed by atoms with van der Waals surface area (Å²) in [7, 11) is 0. The van der Waals surface area contributed by atoms with Crippen LogP contribution in [0.25, 0.3) is 11.6 Å². The van der Waals surface area contributed by atoms with Crippen molar-refractivity contribution in [3.8, 4) is 11.6 Å². The van der Waals surface area contributed by atoms with Crippen molar-refractivity contribution < 1.29 is 4.42 Å². The highest BCUT2D eigenvalue weighted by Crippen LogP contribution is 2.13. The van der Waals surface area contributed by atoms with Crippen LogP contribution in [0.1, 0.15) is 0 Å². The lowest BCUT2D eigenvalue weighted by atomic mass is 10.4. The molecule has 0 N–H and O–H groups in total. The van der Waals surface area contributed by atoms with E-state index in [1.165, 1.54) is 6.26 Å². The second-order valence-corrected chi connectivity index (χ2v) is 2.87. The minimum absolute atomic E-state index is 0.481. The van der Waals surface area contributed by atoms with Crippen molar-refractivity contribution in [3.05, 3.63) is 29.5 Å². The van der Waals surface area contributed by atoms with Crippen LogP contribution in [0, 0.1) is 0 Å². The standard InChI is InChI=1S/C7H4BrN3O/c8-6-4-10-5(3-11-6)7-9-1-2-12-7/h1-4H. The van der Waals surface area contributed by atoms with Gasteiger partial charge in [-0.3, -0.25) is 0 Å². The van der Waals surface area contributed by atoms with Crippen LogP contribution in [0.3, 0.4) is 0 Å². The van der Waals surface area contributed by atoms with E-state index in [-0.39, 0.29) is 0 Å². The Labute approximate surface area is 76.8 Å². The highest BCUT2D eigenvalue weighted by molar-refractivity contribution is 9.10. The molecule has 0 aromatic carbocycles. The third-order valence-corrected chi connectivity index (χ3v) is 1.68. The molecule has 0 saturated carbocycles. The van der Waals surface area contributed by atoms with E-state index in [1.807, 2.05) is 0 Å². The summed E-state index contributed by atoms with van der Waals surface area (Å²) in [5.41, 5.74) is 0.628. The molecule has 0 aliphatic rings. The van der Waals surface area contributed by atoms with Crippen LogP contribution in [-0.4, -0.2) is 15.0 Å². The van der Waals surface area contributed by atoms with Crippen LogP contribution in [0.4, 0.5) is 0 Å². The highest BCUT2D eigenvalue weighted by atomic mass is 79.9. The number of rotatable bonds is 1. The fourth-order valence-electron chi connectivity index (χ4n) is 0.773. The Kier molecular flexibility index (Phi) is 1.87. The molecule has 0 spiro atoms. The van der Waals surface area contributed by atoms with E-state index in [2.05, 4.69) is 30.9 Å². The molecule has 0 saturated heterocycles. The Bertz CT molecular complexity index is 357. The topological polar surface area (TPSA) is 51.8 Å². The third-order valence-electron chi connectivity index (χ3n) is 1.27. The highest BCUT2D eigenvalue weighted by Gasteiger charge is 2.02. The van der Waals surface area contributed by atoms with Crippen LogP contribution >= 0.6 is 15.9 Å². The van der Waals surface area contributed by atoms with E-state index >= 15 is 0 Å². The Morgan fingerprint density at radius 3 is 2.67 bits per heavy atom. The molecule has 0 atom stereocenters. The second-order valence-electron chi connectivity index (χ2n) is 2.06. The monoisotopic (exact) mass is 225 g/mol. The zero-order chi connectivity index (χ0) is 8.39. The fourth-order valence-corrected chi connectivity index (χ4v) is 0.977. The van der Waals surface area contributed by atoms with Crippen LogP contribution in [0.2, 0.25) is 0 Å². The van der Waals surface area contributed by atoms with Gasteiger partial charge in [-0.25, -0.2) is 15.0 Å². The maximum absolute atomic E-state index is 5.03. The lowest BCUT2D eigenvalue weighted by Crippen LogP contribution is -1.84. The van der Waals surface area contributed by atoms with Gasteiger partial charge in [0.15, 0.2) is 0 Å². The number of halogens is 1. The minimum Gasteiger partial charge on any atom is -0.443 e. The quantitative estimate of drug-likeness (QED) is 0.744. The summed E-state index contributed by atoms with van der Waals surface area (Å²) in [6.45, 7) is 0. The van der Waals surface area contributed by atoms with Crippen molar-refractivity contribution in [2.24, 2.45) is 0 Å². The first kappa shape index (κ1) is 7.42. The van der Waals surface area contributed by atoms with Gasteiger partial charge in [0.1, 0.15) is 16.6 Å². The number of oxazole rings is 1. The second kappa shape index (κ2) is 3.02. The molecule has 2 aromatic heterocycles. The Hall–Kier alpha value is -1.23. The predicted molar refractivity (Wildman–Crippen MR) is 45.2 cm³/mol. The molecular formula is C7H4BrN3O. The van der Waals surface area contributed by atoms with Gasteiger partial charge in [0, 0.05) is 0 Å². The van der Waals surface area contributed by atoms with Gasteiger partial charge in [0.25, 0.3) is 0 Å².